The molecule has 0 atom stereocenters. The van der Waals surface area contributed by atoms with Crippen molar-refractivity contribution in [2.75, 3.05) is 6.54 Å². The molecule has 0 bridgehead atoms. The molecule has 2 aromatic rings. The molecule has 21 heavy (non-hydrogen) atoms. The topological polar surface area (TPSA) is 62.1 Å². The van der Waals surface area contributed by atoms with Crippen molar-refractivity contribution >= 4 is 5.91 Å². The lowest BCUT2D eigenvalue weighted by Gasteiger charge is -2.21. The van der Waals surface area contributed by atoms with Crippen molar-refractivity contribution in [1.82, 2.24) is 15.1 Å². The summed E-state index contributed by atoms with van der Waals surface area (Å²) in [5, 5.41) is 7.27. The van der Waals surface area contributed by atoms with Gasteiger partial charge in [0.25, 0.3) is 5.91 Å². The first-order valence-electron chi connectivity index (χ1n) is 7.67. The number of aryl methyl sites for hydroxylation is 1. The number of carbonyl (C=O) groups is 1. The van der Waals surface area contributed by atoms with Crippen LogP contribution in [0.1, 0.15) is 53.7 Å². The van der Waals surface area contributed by atoms with Gasteiger partial charge in [0.05, 0.1) is 12.8 Å². The molecule has 1 N–H and O–H groups in total. The van der Waals surface area contributed by atoms with Gasteiger partial charge in [-0.25, -0.2) is 0 Å². The lowest BCUT2D eigenvalue weighted by molar-refractivity contribution is 0.0722. The lowest BCUT2D eigenvalue weighted by atomic mass is 10.1. The predicted molar refractivity (Wildman–Crippen MR) is 79.0 cm³/mol. The fourth-order valence-electron chi connectivity index (χ4n) is 2.84. The number of fused-ring (bicyclic) bond motifs is 1. The van der Waals surface area contributed by atoms with Gasteiger partial charge in [-0.1, -0.05) is 13.3 Å². The van der Waals surface area contributed by atoms with Crippen molar-refractivity contribution < 1.29 is 9.21 Å². The lowest BCUT2D eigenvalue weighted by Crippen LogP contribution is -2.32. The molecular weight excluding hydrogens is 266 g/mol. The first-order chi connectivity index (χ1) is 10.3. The van der Waals surface area contributed by atoms with Gasteiger partial charge in [-0.05, 0) is 37.8 Å². The van der Waals surface area contributed by atoms with Crippen molar-refractivity contribution in [3.05, 3.63) is 41.1 Å². The van der Waals surface area contributed by atoms with Crippen LogP contribution in [0, 0.1) is 0 Å². The number of amides is 1. The number of aromatic amines is 1. The molecule has 0 aliphatic heterocycles. The number of nitrogens with zero attached hydrogens (tertiary/aromatic N) is 2. The number of H-pyrrole nitrogens is 1. The average Bonchev–Trinajstić information content (AvgIpc) is 3.19. The monoisotopic (exact) mass is 287 g/mol. The quantitative estimate of drug-likeness (QED) is 0.888. The van der Waals surface area contributed by atoms with Crippen LogP contribution in [0.5, 0.6) is 0 Å². The normalized spacial score (nSPS) is 13.4. The SMILES string of the molecule is CCCCN(Cc1ccco1)C(=O)c1n[nH]c2c1CCC2. The van der Waals surface area contributed by atoms with Crippen LogP contribution >= 0.6 is 0 Å². The highest BCUT2D eigenvalue weighted by molar-refractivity contribution is 5.94. The number of hydrogen-bond donors (Lipinski definition) is 1. The maximum absolute atomic E-state index is 12.8. The number of rotatable bonds is 6. The largest absolute Gasteiger partial charge is 0.467 e. The van der Waals surface area contributed by atoms with Gasteiger partial charge >= 0.3 is 0 Å². The smallest absolute Gasteiger partial charge is 0.275 e. The molecule has 0 radical (unpaired) electrons. The fraction of sp³-hybridized carbons (Fsp3) is 0.500. The minimum atomic E-state index is 0.0132. The molecule has 0 saturated heterocycles. The highest BCUT2D eigenvalue weighted by Gasteiger charge is 2.26. The summed E-state index contributed by atoms with van der Waals surface area (Å²) in [5.41, 5.74) is 2.85. The molecule has 0 unspecified atom stereocenters. The van der Waals surface area contributed by atoms with Crippen molar-refractivity contribution in [3.63, 3.8) is 0 Å². The van der Waals surface area contributed by atoms with Gasteiger partial charge < -0.3 is 9.32 Å². The van der Waals surface area contributed by atoms with Gasteiger partial charge in [-0.2, -0.15) is 5.10 Å². The zero-order chi connectivity index (χ0) is 14.7. The van der Waals surface area contributed by atoms with E-state index in [-0.39, 0.29) is 5.91 Å². The van der Waals surface area contributed by atoms with Crippen LogP contribution in [-0.2, 0) is 19.4 Å². The van der Waals surface area contributed by atoms with Gasteiger partial charge in [0.2, 0.25) is 0 Å². The molecule has 0 fully saturated rings. The summed E-state index contributed by atoms with van der Waals surface area (Å²) >= 11 is 0. The van der Waals surface area contributed by atoms with Crippen molar-refractivity contribution in [1.29, 1.82) is 0 Å². The van der Waals surface area contributed by atoms with Crippen LogP contribution < -0.4 is 0 Å². The minimum Gasteiger partial charge on any atom is -0.467 e. The Morgan fingerprint density at radius 2 is 2.38 bits per heavy atom. The molecule has 0 saturated carbocycles. The molecule has 1 amide bonds. The molecule has 1 aliphatic carbocycles. The number of nitrogens with one attached hydrogen (secondary N) is 1. The summed E-state index contributed by atoms with van der Waals surface area (Å²) in [4.78, 5) is 14.6. The van der Waals surface area contributed by atoms with E-state index in [1.807, 2.05) is 17.0 Å². The predicted octanol–water partition coefficient (Wildman–Crippen LogP) is 2.93. The van der Waals surface area contributed by atoms with E-state index in [4.69, 9.17) is 4.42 Å². The van der Waals surface area contributed by atoms with Crippen LogP contribution in [0.4, 0.5) is 0 Å². The molecule has 2 aromatic heterocycles. The van der Waals surface area contributed by atoms with Gasteiger partial charge in [-0.15, -0.1) is 0 Å². The van der Waals surface area contributed by atoms with Crippen molar-refractivity contribution in [2.24, 2.45) is 0 Å². The zero-order valence-corrected chi connectivity index (χ0v) is 12.4. The highest BCUT2D eigenvalue weighted by Crippen LogP contribution is 2.24. The van der Waals surface area contributed by atoms with E-state index in [0.29, 0.717) is 12.2 Å². The van der Waals surface area contributed by atoms with E-state index in [0.717, 1.165) is 55.7 Å². The molecule has 5 heteroatoms. The first kappa shape index (κ1) is 13.9. The Balaban J connectivity index is 1.79. The number of aromatic nitrogens is 2. The van der Waals surface area contributed by atoms with E-state index in [1.165, 1.54) is 0 Å². The Morgan fingerprint density at radius 3 is 3.14 bits per heavy atom. The summed E-state index contributed by atoms with van der Waals surface area (Å²) in [6.45, 7) is 3.37. The Labute approximate surface area is 124 Å². The van der Waals surface area contributed by atoms with Crippen LogP contribution in [0.3, 0.4) is 0 Å². The van der Waals surface area contributed by atoms with Gasteiger partial charge in [0.15, 0.2) is 5.69 Å². The van der Waals surface area contributed by atoms with Crippen LogP contribution in [0.15, 0.2) is 22.8 Å². The van der Waals surface area contributed by atoms with Gasteiger partial charge in [0, 0.05) is 17.8 Å². The summed E-state index contributed by atoms with van der Waals surface area (Å²) in [6.07, 6.45) is 6.75. The summed E-state index contributed by atoms with van der Waals surface area (Å²) in [5.74, 6) is 0.825. The molecule has 0 aromatic carbocycles. The highest BCUT2D eigenvalue weighted by atomic mass is 16.3. The van der Waals surface area contributed by atoms with E-state index in [9.17, 15) is 4.79 Å². The molecular formula is C16H21N3O2. The number of furan rings is 1. The van der Waals surface area contributed by atoms with Crippen molar-refractivity contribution in [3.8, 4) is 0 Å². The summed E-state index contributed by atoms with van der Waals surface area (Å²) < 4.78 is 5.38. The Hall–Kier alpha value is -2.04. The third kappa shape index (κ3) is 2.86. The summed E-state index contributed by atoms with van der Waals surface area (Å²) in [7, 11) is 0. The zero-order valence-electron chi connectivity index (χ0n) is 12.4. The standard InChI is InChI=1S/C16H21N3O2/c1-2-3-9-19(11-12-6-5-10-21-12)16(20)15-13-7-4-8-14(13)17-18-15/h5-6,10H,2-4,7-9,11H2,1H3,(H,17,18). The maximum Gasteiger partial charge on any atom is 0.275 e. The van der Waals surface area contributed by atoms with E-state index >= 15 is 0 Å². The number of hydrogen-bond acceptors (Lipinski definition) is 3. The van der Waals surface area contributed by atoms with Crippen LogP contribution in [0.25, 0.3) is 0 Å². The Kier molecular flexibility index (Phi) is 4.08. The second-order valence-corrected chi connectivity index (χ2v) is 5.54. The molecule has 3 rings (SSSR count). The third-order valence-electron chi connectivity index (χ3n) is 4.00. The second-order valence-electron chi connectivity index (χ2n) is 5.54. The average molecular weight is 287 g/mol. The second kappa shape index (κ2) is 6.16. The Bertz CT molecular complexity index is 601. The van der Waals surface area contributed by atoms with Crippen LogP contribution in [-0.4, -0.2) is 27.5 Å². The number of unbranched alkanes of at least 4 members (excludes halogenated alkanes) is 1. The summed E-state index contributed by atoms with van der Waals surface area (Å²) in [6, 6.07) is 3.76. The van der Waals surface area contributed by atoms with Gasteiger partial charge in [-0.3, -0.25) is 9.89 Å². The fourth-order valence-corrected chi connectivity index (χ4v) is 2.84. The van der Waals surface area contributed by atoms with Crippen LogP contribution in [0.2, 0.25) is 0 Å². The Morgan fingerprint density at radius 1 is 1.48 bits per heavy atom. The molecule has 5 nitrogen and oxygen atoms in total. The van der Waals surface area contributed by atoms with Gasteiger partial charge in [0.1, 0.15) is 5.76 Å². The van der Waals surface area contributed by atoms with E-state index in [2.05, 4.69) is 17.1 Å². The molecule has 0 spiro atoms. The van der Waals surface area contributed by atoms with Crippen molar-refractivity contribution in [2.45, 2.75) is 45.6 Å². The molecule has 2 heterocycles. The maximum atomic E-state index is 12.8. The third-order valence-corrected chi connectivity index (χ3v) is 4.00. The minimum absolute atomic E-state index is 0.0132. The number of carbonyl (C=O) groups excluding carboxylic acids is 1. The van der Waals surface area contributed by atoms with E-state index < -0.39 is 0 Å². The molecule has 112 valence electrons. The molecule has 1 aliphatic rings. The first-order valence-corrected chi connectivity index (χ1v) is 7.67. The van der Waals surface area contributed by atoms with E-state index in [1.54, 1.807) is 6.26 Å².